The maximum Gasteiger partial charge on any atom is 0.251 e. The number of amides is 1. The van der Waals surface area contributed by atoms with E-state index in [0.29, 0.717) is 12.1 Å². The first-order valence-corrected chi connectivity index (χ1v) is 5.72. The van der Waals surface area contributed by atoms with E-state index in [2.05, 4.69) is 23.8 Å². The highest BCUT2D eigenvalue weighted by molar-refractivity contribution is 5.94. The van der Waals surface area contributed by atoms with E-state index in [1.165, 1.54) is 0 Å². The molecule has 0 aliphatic rings. The monoisotopic (exact) mass is 242 g/mol. The molecule has 0 atom stereocenters. The molecule has 1 amide bonds. The summed E-state index contributed by atoms with van der Waals surface area (Å²) < 4.78 is 0. The average molecular weight is 242 g/mol. The smallest absolute Gasteiger partial charge is 0.251 e. The summed E-state index contributed by atoms with van der Waals surface area (Å²) >= 11 is 0. The summed E-state index contributed by atoms with van der Waals surface area (Å²) in [7, 11) is 0. The van der Waals surface area contributed by atoms with Crippen LogP contribution in [0, 0.1) is 0 Å². The lowest BCUT2D eigenvalue weighted by atomic mass is 10.2. The van der Waals surface area contributed by atoms with Crippen molar-refractivity contribution in [2.75, 3.05) is 6.54 Å². The minimum atomic E-state index is -0.0813. The predicted molar refractivity (Wildman–Crippen MR) is 75.0 cm³/mol. The second-order valence-corrected chi connectivity index (χ2v) is 3.82. The summed E-state index contributed by atoms with van der Waals surface area (Å²) in [4.78, 5) is 11.7. The fraction of sp³-hybridized carbons (Fsp3) is 0.133. The van der Waals surface area contributed by atoms with Crippen LogP contribution in [0.25, 0.3) is 0 Å². The Morgan fingerprint density at radius 2 is 2.00 bits per heavy atom. The Hall–Kier alpha value is -2.29. The quantitative estimate of drug-likeness (QED) is 0.753. The van der Waals surface area contributed by atoms with E-state index in [-0.39, 0.29) is 5.91 Å². The lowest BCUT2D eigenvalue weighted by molar-refractivity contribution is 0.0958. The van der Waals surface area contributed by atoms with Gasteiger partial charge in [-0.1, -0.05) is 31.4 Å². The molecule has 1 rings (SSSR count). The molecule has 94 valence electrons. The second-order valence-electron chi connectivity index (χ2n) is 3.82. The molecule has 0 aliphatic heterocycles. The third kappa shape index (κ3) is 4.70. The second kappa shape index (κ2) is 7.12. The van der Waals surface area contributed by atoms with Gasteiger partial charge in [-0.15, -0.1) is 0 Å². The van der Waals surface area contributed by atoms with Crippen LogP contribution < -0.4 is 10.6 Å². The fourth-order valence-corrected chi connectivity index (χ4v) is 1.34. The minimum absolute atomic E-state index is 0.0813. The molecule has 0 fully saturated rings. The third-order valence-electron chi connectivity index (χ3n) is 2.31. The first-order chi connectivity index (χ1) is 8.63. The Bertz CT molecular complexity index is 461. The molecule has 2 N–H and O–H groups in total. The molecule has 1 aromatic rings. The molecule has 0 radical (unpaired) electrons. The van der Waals surface area contributed by atoms with Crippen LogP contribution >= 0.6 is 0 Å². The van der Waals surface area contributed by atoms with Gasteiger partial charge >= 0.3 is 0 Å². The Morgan fingerprint density at radius 3 is 2.61 bits per heavy atom. The Kier molecular flexibility index (Phi) is 5.45. The van der Waals surface area contributed by atoms with Gasteiger partial charge in [0.05, 0.1) is 0 Å². The van der Waals surface area contributed by atoms with Gasteiger partial charge < -0.3 is 10.6 Å². The summed E-state index contributed by atoms with van der Waals surface area (Å²) in [6.07, 6.45) is 3.52. The molecule has 0 spiro atoms. The van der Waals surface area contributed by atoms with Crippen LogP contribution in [-0.2, 0) is 0 Å². The van der Waals surface area contributed by atoms with Crippen LogP contribution in [0.3, 0.4) is 0 Å². The van der Waals surface area contributed by atoms with Crippen LogP contribution in [-0.4, -0.2) is 12.5 Å². The van der Waals surface area contributed by atoms with Gasteiger partial charge in [-0.05, 0) is 31.2 Å². The Labute approximate surface area is 108 Å². The molecule has 0 heterocycles. The Morgan fingerprint density at radius 1 is 1.33 bits per heavy atom. The van der Waals surface area contributed by atoms with Gasteiger partial charge in [-0.3, -0.25) is 4.79 Å². The maximum atomic E-state index is 11.7. The van der Waals surface area contributed by atoms with Gasteiger partial charge in [0.15, 0.2) is 0 Å². The molecule has 3 nitrogen and oxygen atoms in total. The van der Waals surface area contributed by atoms with Gasteiger partial charge in [-0.2, -0.15) is 0 Å². The summed E-state index contributed by atoms with van der Waals surface area (Å²) in [5.74, 6) is -0.0813. The first kappa shape index (κ1) is 13.8. The molecule has 0 saturated carbocycles. The van der Waals surface area contributed by atoms with Crippen molar-refractivity contribution in [3.63, 3.8) is 0 Å². The average Bonchev–Trinajstić information content (AvgIpc) is 2.39. The van der Waals surface area contributed by atoms with Crippen LogP contribution in [0.5, 0.6) is 0 Å². The highest BCUT2D eigenvalue weighted by atomic mass is 16.1. The summed E-state index contributed by atoms with van der Waals surface area (Å²) in [5, 5.41) is 5.85. The van der Waals surface area contributed by atoms with E-state index in [0.717, 1.165) is 11.4 Å². The lowest BCUT2D eigenvalue weighted by Gasteiger charge is -2.06. The number of hydrogen-bond donors (Lipinski definition) is 2. The zero-order valence-electron chi connectivity index (χ0n) is 10.6. The normalized spacial score (nSPS) is 10.6. The molecule has 0 unspecified atom stereocenters. The van der Waals surface area contributed by atoms with E-state index < -0.39 is 0 Å². The van der Waals surface area contributed by atoms with E-state index in [1.54, 1.807) is 18.2 Å². The maximum absolute atomic E-state index is 11.7. The van der Waals surface area contributed by atoms with Gasteiger partial charge in [0.2, 0.25) is 0 Å². The predicted octanol–water partition coefficient (Wildman–Crippen LogP) is 2.61. The van der Waals surface area contributed by atoms with Gasteiger partial charge in [0, 0.05) is 23.5 Å². The zero-order valence-corrected chi connectivity index (χ0v) is 10.6. The van der Waals surface area contributed by atoms with Crippen LogP contribution in [0.1, 0.15) is 17.3 Å². The van der Waals surface area contributed by atoms with Gasteiger partial charge in [0.1, 0.15) is 0 Å². The molecular weight excluding hydrogens is 224 g/mol. The number of hydrogen-bond acceptors (Lipinski definition) is 2. The van der Waals surface area contributed by atoms with Gasteiger partial charge in [-0.25, -0.2) is 0 Å². The molecule has 0 saturated heterocycles. The fourth-order valence-electron chi connectivity index (χ4n) is 1.34. The molecule has 3 heteroatoms. The molecule has 0 aliphatic carbocycles. The topological polar surface area (TPSA) is 41.1 Å². The number of nitrogens with one attached hydrogen (secondary N) is 2. The van der Waals surface area contributed by atoms with Crippen LogP contribution in [0.15, 0.2) is 67.0 Å². The summed E-state index contributed by atoms with van der Waals surface area (Å²) in [5.41, 5.74) is 2.32. The SMILES string of the molecule is C=CC(=C)N/C(C)=C/CNC(=O)c1ccccc1. The Balaban J connectivity index is 2.42. The summed E-state index contributed by atoms with van der Waals surface area (Å²) in [6, 6.07) is 9.12. The standard InChI is InChI=1S/C15H18N2O/c1-4-12(2)17-13(3)10-11-16-15(18)14-8-6-5-7-9-14/h4-10,17H,1-2,11H2,3H3,(H,16,18)/b13-10+. The van der Waals surface area contributed by atoms with Crippen molar-refractivity contribution in [2.45, 2.75) is 6.92 Å². The largest absolute Gasteiger partial charge is 0.360 e. The third-order valence-corrected chi connectivity index (χ3v) is 2.31. The van der Waals surface area contributed by atoms with Crippen molar-refractivity contribution < 1.29 is 4.79 Å². The highest BCUT2D eigenvalue weighted by Gasteiger charge is 2.01. The lowest BCUT2D eigenvalue weighted by Crippen LogP contribution is -2.24. The number of allylic oxidation sites excluding steroid dienone is 2. The van der Waals surface area contributed by atoms with Crippen molar-refractivity contribution in [1.29, 1.82) is 0 Å². The zero-order chi connectivity index (χ0) is 13.4. The number of rotatable bonds is 6. The van der Waals surface area contributed by atoms with E-state index >= 15 is 0 Å². The van der Waals surface area contributed by atoms with Crippen molar-refractivity contribution in [3.8, 4) is 0 Å². The van der Waals surface area contributed by atoms with Crippen LogP contribution in [0.4, 0.5) is 0 Å². The molecule has 0 bridgehead atoms. The first-order valence-electron chi connectivity index (χ1n) is 5.72. The minimum Gasteiger partial charge on any atom is -0.360 e. The van der Waals surface area contributed by atoms with E-state index in [4.69, 9.17) is 0 Å². The van der Waals surface area contributed by atoms with E-state index in [1.807, 2.05) is 31.2 Å². The van der Waals surface area contributed by atoms with Crippen molar-refractivity contribution in [1.82, 2.24) is 10.6 Å². The highest BCUT2D eigenvalue weighted by Crippen LogP contribution is 1.98. The molecule has 18 heavy (non-hydrogen) atoms. The van der Waals surface area contributed by atoms with Crippen molar-refractivity contribution in [3.05, 3.63) is 72.6 Å². The number of carbonyl (C=O) groups excluding carboxylic acids is 1. The molecule has 1 aromatic carbocycles. The summed E-state index contributed by atoms with van der Waals surface area (Å²) in [6.45, 7) is 9.72. The number of benzene rings is 1. The molecule has 0 aromatic heterocycles. The van der Waals surface area contributed by atoms with Crippen LogP contribution in [0.2, 0.25) is 0 Å². The van der Waals surface area contributed by atoms with Crippen molar-refractivity contribution >= 4 is 5.91 Å². The van der Waals surface area contributed by atoms with Gasteiger partial charge in [0.25, 0.3) is 5.91 Å². The van der Waals surface area contributed by atoms with Crippen molar-refractivity contribution in [2.24, 2.45) is 0 Å². The van der Waals surface area contributed by atoms with E-state index in [9.17, 15) is 4.79 Å². The molecular formula is C15H18N2O. The number of carbonyl (C=O) groups is 1.